The van der Waals surface area contributed by atoms with Gasteiger partial charge in [-0.3, -0.25) is 4.79 Å². The predicted octanol–water partition coefficient (Wildman–Crippen LogP) is 3.04. The van der Waals surface area contributed by atoms with Crippen molar-refractivity contribution in [3.8, 4) is 12.0 Å². The first kappa shape index (κ1) is 12.7. The van der Waals surface area contributed by atoms with E-state index in [0.29, 0.717) is 24.3 Å². The minimum absolute atomic E-state index is 0.0540. The van der Waals surface area contributed by atoms with Crippen LogP contribution in [0.4, 0.5) is 0 Å². The summed E-state index contributed by atoms with van der Waals surface area (Å²) in [7, 11) is 0. The van der Waals surface area contributed by atoms with Gasteiger partial charge in [0.05, 0.1) is 5.71 Å². The van der Waals surface area contributed by atoms with Crippen molar-refractivity contribution in [3.63, 3.8) is 0 Å². The van der Waals surface area contributed by atoms with Gasteiger partial charge in [-0.1, -0.05) is 36.6 Å². The van der Waals surface area contributed by atoms with Crippen molar-refractivity contribution in [2.24, 2.45) is 5.10 Å². The summed E-state index contributed by atoms with van der Waals surface area (Å²) in [6.45, 7) is 1.93. The number of carbonyl (C=O) groups excluding carboxylic acids is 1. The fourth-order valence-corrected chi connectivity index (χ4v) is 1.86. The molecule has 0 atom stereocenters. The third kappa shape index (κ3) is 2.91. The summed E-state index contributed by atoms with van der Waals surface area (Å²) in [4.78, 5) is 11.6. The first-order chi connectivity index (χ1) is 8.70. The van der Waals surface area contributed by atoms with E-state index < -0.39 is 0 Å². The van der Waals surface area contributed by atoms with Crippen LogP contribution in [0.1, 0.15) is 31.7 Å². The summed E-state index contributed by atoms with van der Waals surface area (Å²) in [6.07, 6.45) is 1.76. The van der Waals surface area contributed by atoms with Crippen LogP contribution < -0.4 is 0 Å². The van der Waals surface area contributed by atoms with Crippen molar-refractivity contribution in [1.82, 2.24) is 5.01 Å². The molecule has 1 aliphatic rings. The summed E-state index contributed by atoms with van der Waals surface area (Å²) in [5.74, 6) is 2.80. The molecule has 92 valence electrons. The number of hydrogen-bond donors (Lipinski definition) is 0. The molecule has 2 rings (SSSR count). The number of halogens is 1. The first-order valence-electron chi connectivity index (χ1n) is 5.85. The lowest BCUT2D eigenvalue weighted by molar-refractivity contribution is -0.128. The Morgan fingerprint density at radius 1 is 1.44 bits per heavy atom. The molecule has 3 nitrogen and oxygen atoms in total. The molecule has 0 bridgehead atoms. The molecule has 1 heterocycles. The second-order valence-corrected chi connectivity index (χ2v) is 4.34. The molecular weight excluding hydrogens is 248 g/mol. The van der Waals surface area contributed by atoms with Gasteiger partial charge in [0.2, 0.25) is 0 Å². The van der Waals surface area contributed by atoms with E-state index in [9.17, 15) is 4.79 Å². The largest absolute Gasteiger partial charge is 0.272 e. The van der Waals surface area contributed by atoms with Crippen LogP contribution in [0.5, 0.6) is 0 Å². The summed E-state index contributed by atoms with van der Waals surface area (Å²) < 4.78 is 0. The molecule has 0 aromatic heterocycles. The Kier molecular flexibility index (Phi) is 4.01. The normalized spacial score (nSPS) is 14.9. The summed E-state index contributed by atoms with van der Waals surface area (Å²) in [5.41, 5.74) is 1.79. The van der Waals surface area contributed by atoms with E-state index in [2.05, 4.69) is 17.1 Å². The topological polar surface area (TPSA) is 32.7 Å². The third-order valence-corrected chi connectivity index (χ3v) is 2.79. The Hall–Kier alpha value is -1.79. The summed E-state index contributed by atoms with van der Waals surface area (Å²) in [5, 5.41) is 6.18. The molecule has 0 spiro atoms. The number of nitrogens with zero attached hydrogens (tertiary/aromatic N) is 2. The van der Waals surface area contributed by atoms with Crippen LogP contribution >= 0.6 is 11.6 Å². The molecule has 0 fully saturated rings. The lowest BCUT2D eigenvalue weighted by Crippen LogP contribution is -2.28. The van der Waals surface area contributed by atoms with Crippen molar-refractivity contribution in [3.05, 3.63) is 34.9 Å². The van der Waals surface area contributed by atoms with E-state index in [1.807, 2.05) is 31.2 Å². The van der Waals surface area contributed by atoms with E-state index in [4.69, 9.17) is 11.6 Å². The molecule has 0 unspecified atom stereocenters. The molecule has 1 amide bonds. The van der Waals surface area contributed by atoms with Crippen LogP contribution in [0.25, 0.3) is 0 Å². The Morgan fingerprint density at radius 3 is 3.00 bits per heavy atom. The van der Waals surface area contributed by atoms with E-state index in [1.165, 1.54) is 5.01 Å². The van der Waals surface area contributed by atoms with Gasteiger partial charge in [0.1, 0.15) is 0 Å². The highest BCUT2D eigenvalue weighted by Crippen LogP contribution is 2.17. The van der Waals surface area contributed by atoms with Crippen LogP contribution in [0.2, 0.25) is 5.02 Å². The Balaban J connectivity index is 2.31. The van der Waals surface area contributed by atoms with Gasteiger partial charge in [-0.2, -0.15) is 10.1 Å². The van der Waals surface area contributed by atoms with E-state index in [1.54, 1.807) is 0 Å². The zero-order chi connectivity index (χ0) is 13.0. The van der Waals surface area contributed by atoms with Gasteiger partial charge in [-0.05, 0) is 17.7 Å². The number of hydrogen-bond acceptors (Lipinski definition) is 2. The molecule has 1 aromatic rings. The fourth-order valence-electron chi connectivity index (χ4n) is 1.67. The number of carbonyl (C=O) groups is 1. The van der Waals surface area contributed by atoms with E-state index in [0.717, 1.165) is 11.3 Å². The standard InChI is InChI=1S/C14H13ClN2O/c1-2-3-9-17-14(18)8-7-13(16-17)11-5-4-6-12(15)10-11/h4-6,10H,2,7-8H2,1H3. The minimum atomic E-state index is -0.0540. The maximum atomic E-state index is 11.6. The smallest absolute Gasteiger partial charge is 0.255 e. The number of hydrazone groups is 1. The van der Waals surface area contributed by atoms with Crippen LogP contribution in [0.15, 0.2) is 29.4 Å². The molecule has 0 N–H and O–H groups in total. The highest BCUT2D eigenvalue weighted by Gasteiger charge is 2.20. The minimum Gasteiger partial charge on any atom is -0.272 e. The maximum Gasteiger partial charge on any atom is 0.255 e. The van der Waals surface area contributed by atoms with E-state index in [-0.39, 0.29) is 5.91 Å². The highest BCUT2D eigenvalue weighted by molar-refractivity contribution is 6.31. The van der Waals surface area contributed by atoms with Gasteiger partial charge in [-0.15, -0.1) is 0 Å². The van der Waals surface area contributed by atoms with Crippen molar-refractivity contribution >= 4 is 23.2 Å². The second-order valence-electron chi connectivity index (χ2n) is 3.90. The van der Waals surface area contributed by atoms with Gasteiger partial charge in [0, 0.05) is 30.3 Å². The fraction of sp³-hybridized carbons (Fsp3) is 0.286. The molecule has 0 saturated heterocycles. The van der Waals surface area contributed by atoms with Gasteiger partial charge >= 0.3 is 0 Å². The van der Waals surface area contributed by atoms with Crippen LogP contribution in [-0.4, -0.2) is 16.6 Å². The molecule has 18 heavy (non-hydrogen) atoms. The maximum absolute atomic E-state index is 11.6. The average Bonchev–Trinajstić information content (AvgIpc) is 2.38. The zero-order valence-electron chi connectivity index (χ0n) is 10.1. The van der Waals surface area contributed by atoms with Crippen LogP contribution in [0, 0.1) is 12.0 Å². The molecule has 4 heteroatoms. The van der Waals surface area contributed by atoms with Crippen LogP contribution in [0.3, 0.4) is 0 Å². The summed E-state index contributed by atoms with van der Waals surface area (Å²) >= 11 is 5.95. The Labute approximate surface area is 111 Å². The predicted molar refractivity (Wildman–Crippen MR) is 72.1 cm³/mol. The average molecular weight is 261 g/mol. The Morgan fingerprint density at radius 2 is 2.28 bits per heavy atom. The monoisotopic (exact) mass is 260 g/mol. The molecule has 0 saturated carbocycles. The van der Waals surface area contributed by atoms with Crippen molar-refractivity contribution in [2.45, 2.75) is 26.2 Å². The highest BCUT2D eigenvalue weighted by atomic mass is 35.5. The SMILES string of the molecule is CCC#CN1N=C(c2cccc(Cl)c2)CCC1=O. The number of benzene rings is 1. The second kappa shape index (κ2) is 5.70. The summed E-state index contributed by atoms with van der Waals surface area (Å²) in [6, 6.07) is 10.2. The zero-order valence-corrected chi connectivity index (χ0v) is 10.9. The first-order valence-corrected chi connectivity index (χ1v) is 6.23. The van der Waals surface area contributed by atoms with Gasteiger partial charge < -0.3 is 0 Å². The number of rotatable bonds is 1. The number of amides is 1. The van der Waals surface area contributed by atoms with Gasteiger partial charge in [0.15, 0.2) is 0 Å². The van der Waals surface area contributed by atoms with E-state index >= 15 is 0 Å². The van der Waals surface area contributed by atoms with Gasteiger partial charge in [-0.25, -0.2) is 0 Å². The Bertz CT molecular complexity index is 554. The molecule has 1 aromatic carbocycles. The van der Waals surface area contributed by atoms with Crippen molar-refractivity contribution in [2.75, 3.05) is 0 Å². The van der Waals surface area contributed by atoms with Gasteiger partial charge in [0.25, 0.3) is 5.91 Å². The molecule has 0 aliphatic carbocycles. The van der Waals surface area contributed by atoms with Crippen molar-refractivity contribution < 1.29 is 4.79 Å². The molecular formula is C14H13ClN2O. The third-order valence-electron chi connectivity index (χ3n) is 2.55. The molecule has 1 aliphatic heterocycles. The quantitative estimate of drug-likeness (QED) is 0.715. The van der Waals surface area contributed by atoms with Crippen LogP contribution in [-0.2, 0) is 4.79 Å². The lowest BCUT2D eigenvalue weighted by Gasteiger charge is -2.18. The van der Waals surface area contributed by atoms with Crippen molar-refractivity contribution in [1.29, 1.82) is 0 Å². The molecule has 0 radical (unpaired) electrons. The lowest BCUT2D eigenvalue weighted by atomic mass is 10.0.